The van der Waals surface area contributed by atoms with Crippen LogP contribution in [-0.4, -0.2) is 48.4 Å². The first-order valence-corrected chi connectivity index (χ1v) is 7.86. The minimum atomic E-state index is 0.00502. The van der Waals surface area contributed by atoms with Crippen molar-refractivity contribution in [3.63, 3.8) is 0 Å². The predicted octanol–water partition coefficient (Wildman–Crippen LogP) is 0.892. The Balaban J connectivity index is 1.68. The standard InChI is InChI=1S/C15H27N3O2/c1-11(2)18-10-13(9-15(18)20)17-14(19)4-3-12-5-7-16-8-6-12/h11-13,16H,3-10H2,1-2H3,(H,17,19). The topological polar surface area (TPSA) is 61.4 Å². The summed E-state index contributed by atoms with van der Waals surface area (Å²) in [7, 11) is 0. The highest BCUT2D eigenvalue weighted by Crippen LogP contribution is 2.18. The fourth-order valence-corrected chi connectivity index (χ4v) is 3.13. The van der Waals surface area contributed by atoms with Crippen LogP contribution in [0.5, 0.6) is 0 Å². The quantitative estimate of drug-likeness (QED) is 0.787. The van der Waals surface area contributed by atoms with Crippen LogP contribution < -0.4 is 10.6 Å². The predicted molar refractivity (Wildman–Crippen MR) is 78.2 cm³/mol. The number of likely N-dealkylation sites (tertiary alicyclic amines) is 1. The largest absolute Gasteiger partial charge is 0.351 e. The van der Waals surface area contributed by atoms with E-state index in [0.717, 1.165) is 19.5 Å². The molecule has 0 aromatic heterocycles. The molecule has 1 atom stereocenters. The van der Waals surface area contributed by atoms with Gasteiger partial charge in [-0.25, -0.2) is 0 Å². The second-order valence-corrected chi connectivity index (χ2v) is 6.34. The van der Waals surface area contributed by atoms with E-state index in [9.17, 15) is 9.59 Å². The number of piperidine rings is 1. The zero-order valence-corrected chi connectivity index (χ0v) is 12.7. The minimum absolute atomic E-state index is 0.00502. The van der Waals surface area contributed by atoms with Crippen LogP contribution in [-0.2, 0) is 9.59 Å². The van der Waals surface area contributed by atoms with Gasteiger partial charge in [-0.15, -0.1) is 0 Å². The van der Waals surface area contributed by atoms with E-state index in [1.165, 1.54) is 12.8 Å². The summed E-state index contributed by atoms with van der Waals surface area (Å²) in [5, 5.41) is 6.35. The Bertz CT molecular complexity index is 351. The molecule has 0 aromatic carbocycles. The van der Waals surface area contributed by atoms with Crippen LogP contribution in [0.25, 0.3) is 0 Å². The molecular formula is C15H27N3O2. The molecule has 2 aliphatic heterocycles. The molecule has 0 saturated carbocycles. The lowest BCUT2D eigenvalue weighted by atomic mass is 9.93. The van der Waals surface area contributed by atoms with Crippen LogP contribution in [0.4, 0.5) is 0 Å². The van der Waals surface area contributed by atoms with Gasteiger partial charge in [0.25, 0.3) is 0 Å². The van der Waals surface area contributed by atoms with Gasteiger partial charge >= 0.3 is 0 Å². The van der Waals surface area contributed by atoms with Crippen molar-refractivity contribution < 1.29 is 9.59 Å². The highest BCUT2D eigenvalue weighted by atomic mass is 16.2. The molecule has 2 amide bonds. The number of nitrogens with one attached hydrogen (secondary N) is 2. The van der Waals surface area contributed by atoms with Crippen molar-refractivity contribution in [2.45, 2.75) is 58.0 Å². The molecule has 0 aromatic rings. The highest BCUT2D eigenvalue weighted by molar-refractivity contribution is 5.82. The van der Waals surface area contributed by atoms with Crippen LogP contribution in [0.3, 0.4) is 0 Å². The van der Waals surface area contributed by atoms with Gasteiger partial charge in [0.15, 0.2) is 0 Å². The summed E-state index contributed by atoms with van der Waals surface area (Å²) in [6.45, 7) is 6.84. The number of hydrogen-bond acceptors (Lipinski definition) is 3. The first-order valence-electron chi connectivity index (χ1n) is 7.86. The molecule has 0 aliphatic carbocycles. The monoisotopic (exact) mass is 281 g/mol. The van der Waals surface area contributed by atoms with Crippen molar-refractivity contribution in [1.82, 2.24) is 15.5 Å². The summed E-state index contributed by atoms with van der Waals surface area (Å²) < 4.78 is 0. The lowest BCUT2D eigenvalue weighted by molar-refractivity contribution is -0.129. The Morgan fingerprint density at radius 2 is 2.10 bits per heavy atom. The molecule has 2 aliphatic rings. The third-order valence-corrected chi connectivity index (χ3v) is 4.39. The number of hydrogen-bond donors (Lipinski definition) is 2. The van der Waals surface area contributed by atoms with E-state index < -0.39 is 0 Å². The fourth-order valence-electron chi connectivity index (χ4n) is 3.13. The van der Waals surface area contributed by atoms with E-state index in [1.807, 2.05) is 18.7 Å². The molecule has 2 saturated heterocycles. The number of rotatable bonds is 5. The summed E-state index contributed by atoms with van der Waals surface area (Å²) in [5.41, 5.74) is 0. The summed E-state index contributed by atoms with van der Waals surface area (Å²) in [6.07, 6.45) is 4.38. The van der Waals surface area contributed by atoms with E-state index in [1.54, 1.807) is 0 Å². The molecule has 20 heavy (non-hydrogen) atoms. The summed E-state index contributed by atoms with van der Waals surface area (Å²) in [5.74, 6) is 0.940. The van der Waals surface area contributed by atoms with Crippen molar-refractivity contribution in [3.8, 4) is 0 Å². The molecule has 2 heterocycles. The van der Waals surface area contributed by atoms with Gasteiger partial charge < -0.3 is 15.5 Å². The molecule has 1 unspecified atom stereocenters. The van der Waals surface area contributed by atoms with Gasteiger partial charge in [-0.2, -0.15) is 0 Å². The van der Waals surface area contributed by atoms with Crippen LogP contribution >= 0.6 is 0 Å². The number of nitrogens with zero attached hydrogens (tertiary/aromatic N) is 1. The molecule has 0 radical (unpaired) electrons. The average Bonchev–Trinajstić information content (AvgIpc) is 2.78. The maximum Gasteiger partial charge on any atom is 0.225 e. The maximum atomic E-state index is 12.0. The second-order valence-electron chi connectivity index (χ2n) is 6.34. The number of carbonyl (C=O) groups excluding carboxylic acids is 2. The van der Waals surface area contributed by atoms with Gasteiger partial charge in [-0.3, -0.25) is 9.59 Å². The Hall–Kier alpha value is -1.10. The molecule has 5 nitrogen and oxygen atoms in total. The molecular weight excluding hydrogens is 254 g/mol. The van der Waals surface area contributed by atoms with Crippen LogP contribution in [0.2, 0.25) is 0 Å². The van der Waals surface area contributed by atoms with Gasteiger partial charge in [0.05, 0.1) is 6.04 Å². The molecule has 5 heteroatoms. The van der Waals surface area contributed by atoms with Crippen LogP contribution in [0.15, 0.2) is 0 Å². The van der Waals surface area contributed by atoms with Crippen molar-refractivity contribution >= 4 is 11.8 Å². The van der Waals surface area contributed by atoms with Gasteiger partial charge in [0, 0.05) is 25.4 Å². The van der Waals surface area contributed by atoms with Gasteiger partial charge in [0.2, 0.25) is 11.8 Å². The summed E-state index contributed by atoms with van der Waals surface area (Å²) in [6, 6.07) is 0.226. The van der Waals surface area contributed by atoms with E-state index in [-0.39, 0.29) is 23.9 Å². The third kappa shape index (κ3) is 4.20. The maximum absolute atomic E-state index is 12.0. The van der Waals surface area contributed by atoms with E-state index in [4.69, 9.17) is 0 Å². The van der Waals surface area contributed by atoms with Crippen molar-refractivity contribution in [1.29, 1.82) is 0 Å². The van der Waals surface area contributed by atoms with Crippen LogP contribution in [0, 0.1) is 5.92 Å². The van der Waals surface area contributed by atoms with Crippen molar-refractivity contribution in [2.24, 2.45) is 5.92 Å². The summed E-state index contributed by atoms with van der Waals surface area (Å²) >= 11 is 0. The first kappa shape index (κ1) is 15.3. The molecule has 0 spiro atoms. The Morgan fingerprint density at radius 1 is 1.40 bits per heavy atom. The van der Waals surface area contributed by atoms with Gasteiger partial charge in [-0.05, 0) is 52.1 Å². The Kier molecular flexibility index (Phi) is 5.40. The minimum Gasteiger partial charge on any atom is -0.351 e. The second kappa shape index (κ2) is 7.07. The lowest BCUT2D eigenvalue weighted by Crippen LogP contribution is -2.39. The molecule has 2 rings (SSSR count). The number of amides is 2. The Morgan fingerprint density at radius 3 is 2.70 bits per heavy atom. The smallest absolute Gasteiger partial charge is 0.225 e. The first-order chi connectivity index (χ1) is 9.56. The summed E-state index contributed by atoms with van der Waals surface area (Å²) in [4.78, 5) is 25.6. The highest BCUT2D eigenvalue weighted by Gasteiger charge is 2.31. The van der Waals surface area contributed by atoms with Crippen molar-refractivity contribution in [3.05, 3.63) is 0 Å². The SMILES string of the molecule is CC(C)N1CC(NC(=O)CCC2CCNCC2)CC1=O. The van der Waals surface area contributed by atoms with Crippen molar-refractivity contribution in [2.75, 3.05) is 19.6 Å². The van der Waals surface area contributed by atoms with Crippen LogP contribution in [0.1, 0.15) is 46.0 Å². The van der Waals surface area contributed by atoms with Gasteiger partial charge in [0.1, 0.15) is 0 Å². The zero-order valence-electron chi connectivity index (χ0n) is 12.7. The van der Waals surface area contributed by atoms with E-state index in [0.29, 0.717) is 25.3 Å². The number of carbonyl (C=O) groups is 2. The Labute approximate surface area is 121 Å². The molecule has 0 bridgehead atoms. The van der Waals surface area contributed by atoms with Gasteiger partial charge in [-0.1, -0.05) is 0 Å². The third-order valence-electron chi connectivity index (χ3n) is 4.39. The van der Waals surface area contributed by atoms with E-state index in [2.05, 4.69) is 10.6 Å². The molecule has 114 valence electrons. The average molecular weight is 281 g/mol. The van der Waals surface area contributed by atoms with E-state index >= 15 is 0 Å². The molecule has 2 fully saturated rings. The zero-order chi connectivity index (χ0) is 14.5. The molecule has 2 N–H and O–H groups in total. The normalized spacial score (nSPS) is 24.4. The lowest BCUT2D eigenvalue weighted by Gasteiger charge is -2.23. The fraction of sp³-hybridized carbons (Fsp3) is 0.867.